The predicted octanol–water partition coefficient (Wildman–Crippen LogP) is 1.90. The first-order valence-electron chi connectivity index (χ1n) is 7.45. The molecule has 0 aliphatic carbocycles. The Morgan fingerprint density at radius 2 is 2.04 bits per heavy atom. The van der Waals surface area contributed by atoms with E-state index in [4.69, 9.17) is 4.74 Å². The van der Waals surface area contributed by atoms with Crippen molar-refractivity contribution in [3.63, 3.8) is 0 Å². The summed E-state index contributed by atoms with van der Waals surface area (Å²) in [7, 11) is 1.61. The average Bonchev–Trinajstić information content (AvgIpc) is 2.55. The summed E-state index contributed by atoms with van der Waals surface area (Å²) in [4.78, 5) is 29.9. The predicted molar refractivity (Wildman–Crippen MR) is 87.5 cm³/mol. The molecule has 0 fully saturated rings. The number of amides is 1. The molecule has 2 N–H and O–H groups in total. The Hall–Kier alpha value is -2.63. The second kappa shape index (κ2) is 7.58. The number of hydrogen-bond acceptors (Lipinski definition) is 4. The molecule has 0 aliphatic heterocycles. The number of nitrogens with one attached hydrogen (secondary N) is 2. The van der Waals surface area contributed by atoms with Gasteiger partial charge in [0, 0.05) is 25.1 Å². The first-order valence-corrected chi connectivity index (χ1v) is 7.45. The summed E-state index contributed by atoms with van der Waals surface area (Å²) in [6.45, 7) is 4.21. The molecule has 0 spiro atoms. The normalized spacial score (nSPS) is 11.8. The van der Waals surface area contributed by atoms with Gasteiger partial charge in [0.25, 0.3) is 0 Å². The minimum absolute atomic E-state index is 0.0743. The molecule has 0 radical (unpaired) electrons. The van der Waals surface area contributed by atoms with Crippen LogP contribution in [0.5, 0.6) is 5.75 Å². The average molecular weight is 315 g/mol. The zero-order valence-corrected chi connectivity index (χ0v) is 13.6. The van der Waals surface area contributed by atoms with Crippen LogP contribution in [0.2, 0.25) is 0 Å². The number of aryl methyl sites for hydroxylation is 1. The molecule has 1 aromatic heterocycles. The molecule has 1 amide bonds. The van der Waals surface area contributed by atoms with Gasteiger partial charge in [0.05, 0.1) is 12.8 Å². The van der Waals surface area contributed by atoms with E-state index in [9.17, 15) is 9.59 Å². The Labute approximate surface area is 134 Å². The van der Waals surface area contributed by atoms with E-state index in [0.717, 1.165) is 16.9 Å². The lowest BCUT2D eigenvalue weighted by Crippen LogP contribution is -2.25. The van der Waals surface area contributed by atoms with Crippen LogP contribution in [-0.2, 0) is 11.3 Å². The summed E-state index contributed by atoms with van der Waals surface area (Å²) in [6.07, 6.45) is 1.91. The third kappa shape index (κ3) is 4.67. The van der Waals surface area contributed by atoms with Gasteiger partial charge >= 0.3 is 5.69 Å². The molecule has 0 saturated carbocycles. The lowest BCUT2D eigenvalue weighted by Gasteiger charge is -2.13. The number of methoxy groups -OCH3 is 1. The van der Waals surface area contributed by atoms with Crippen LogP contribution in [-0.4, -0.2) is 23.0 Å². The van der Waals surface area contributed by atoms with Gasteiger partial charge in [0.2, 0.25) is 5.91 Å². The number of H-pyrrole nitrogens is 1. The molecule has 1 heterocycles. The number of ether oxygens (including phenoxy) is 1. The molecular weight excluding hydrogens is 294 g/mol. The van der Waals surface area contributed by atoms with Gasteiger partial charge in [-0.15, -0.1) is 0 Å². The van der Waals surface area contributed by atoms with Crippen LogP contribution in [0.3, 0.4) is 0 Å². The fourth-order valence-corrected chi connectivity index (χ4v) is 2.36. The van der Waals surface area contributed by atoms with Crippen molar-refractivity contribution in [2.45, 2.75) is 32.7 Å². The molecule has 1 unspecified atom stereocenters. The first-order chi connectivity index (χ1) is 11.0. The highest BCUT2D eigenvalue weighted by molar-refractivity contribution is 5.76. The third-order valence-corrected chi connectivity index (χ3v) is 3.65. The summed E-state index contributed by atoms with van der Waals surface area (Å²) in [5, 5.41) is 2.88. The molecule has 0 saturated heterocycles. The molecule has 0 bridgehead atoms. The van der Waals surface area contributed by atoms with Crippen LogP contribution in [0.15, 0.2) is 35.3 Å². The second-order valence-electron chi connectivity index (χ2n) is 5.50. The zero-order valence-electron chi connectivity index (χ0n) is 13.6. The smallest absolute Gasteiger partial charge is 0.345 e. The molecule has 2 rings (SSSR count). The number of nitrogens with zero attached hydrogens (tertiary/aromatic N) is 1. The van der Waals surface area contributed by atoms with Gasteiger partial charge in [0.1, 0.15) is 5.75 Å². The van der Waals surface area contributed by atoms with Gasteiger partial charge in [-0.1, -0.05) is 19.1 Å². The van der Waals surface area contributed by atoms with Crippen LogP contribution < -0.4 is 15.7 Å². The van der Waals surface area contributed by atoms with E-state index in [1.807, 2.05) is 38.1 Å². The summed E-state index contributed by atoms with van der Waals surface area (Å²) in [5.41, 5.74) is 2.14. The van der Waals surface area contributed by atoms with Crippen molar-refractivity contribution >= 4 is 5.91 Å². The minimum atomic E-state index is -0.393. The molecule has 1 aromatic carbocycles. The van der Waals surface area contributed by atoms with E-state index >= 15 is 0 Å². The van der Waals surface area contributed by atoms with Crippen molar-refractivity contribution in [1.82, 2.24) is 15.3 Å². The van der Waals surface area contributed by atoms with E-state index < -0.39 is 5.69 Å². The van der Waals surface area contributed by atoms with Gasteiger partial charge < -0.3 is 15.0 Å². The summed E-state index contributed by atoms with van der Waals surface area (Å²) < 4.78 is 5.09. The van der Waals surface area contributed by atoms with Crippen molar-refractivity contribution in [2.75, 3.05) is 7.11 Å². The number of carbonyl (C=O) groups excluding carboxylic acids is 1. The lowest BCUT2D eigenvalue weighted by molar-refractivity contribution is -0.121. The third-order valence-electron chi connectivity index (χ3n) is 3.65. The van der Waals surface area contributed by atoms with Gasteiger partial charge in [-0.2, -0.15) is 4.98 Å². The van der Waals surface area contributed by atoms with Gasteiger partial charge in [0.15, 0.2) is 0 Å². The van der Waals surface area contributed by atoms with Crippen molar-refractivity contribution < 1.29 is 9.53 Å². The number of aromatic amines is 1. The lowest BCUT2D eigenvalue weighted by atomic mass is 10.00. The van der Waals surface area contributed by atoms with Crippen LogP contribution >= 0.6 is 0 Å². The Morgan fingerprint density at radius 3 is 2.70 bits per heavy atom. The van der Waals surface area contributed by atoms with E-state index in [1.54, 1.807) is 13.3 Å². The first kappa shape index (κ1) is 16.7. The SMILES string of the molecule is COc1ccc(CNC(=O)CC(C)c2nc(=O)[nH]cc2C)cc1. The van der Waals surface area contributed by atoms with Crippen molar-refractivity contribution in [3.05, 3.63) is 57.8 Å². The largest absolute Gasteiger partial charge is 0.497 e. The van der Waals surface area contributed by atoms with Crippen molar-refractivity contribution in [1.29, 1.82) is 0 Å². The topological polar surface area (TPSA) is 84.1 Å². The standard InChI is InChI=1S/C17H21N3O3/c1-11(16-12(2)9-19-17(22)20-16)8-15(21)18-10-13-4-6-14(23-3)7-5-13/h4-7,9,11H,8,10H2,1-3H3,(H,18,21)(H,19,20,22). The summed E-state index contributed by atoms with van der Waals surface area (Å²) >= 11 is 0. The quantitative estimate of drug-likeness (QED) is 0.852. The van der Waals surface area contributed by atoms with Crippen molar-refractivity contribution in [2.24, 2.45) is 0 Å². The molecule has 6 heteroatoms. The van der Waals surface area contributed by atoms with E-state index in [1.165, 1.54) is 0 Å². The van der Waals surface area contributed by atoms with Crippen molar-refractivity contribution in [3.8, 4) is 5.75 Å². The van der Waals surface area contributed by atoms with Gasteiger partial charge in [-0.05, 0) is 30.2 Å². The van der Waals surface area contributed by atoms with Gasteiger partial charge in [-0.25, -0.2) is 4.79 Å². The molecule has 2 aromatic rings. The van der Waals surface area contributed by atoms with Gasteiger partial charge in [-0.3, -0.25) is 4.79 Å². The Morgan fingerprint density at radius 1 is 1.35 bits per heavy atom. The molecular formula is C17H21N3O3. The minimum Gasteiger partial charge on any atom is -0.497 e. The Kier molecular flexibility index (Phi) is 5.51. The summed E-state index contributed by atoms with van der Waals surface area (Å²) in [6, 6.07) is 7.53. The highest BCUT2D eigenvalue weighted by Crippen LogP contribution is 2.18. The molecule has 1 atom stereocenters. The number of benzene rings is 1. The fourth-order valence-electron chi connectivity index (χ4n) is 2.36. The van der Waals surface area contributed by atoms with Crippen LogP contribution in [0.4, 0.5) is 0 Å². The summed E-state index contributed by atoms with van der Waals surface area (Å²) in [5.74, 6) is 0.590. The number of rotatable bonds is 6. The van der Waals surface area contributed by atoms with Crippen LogP contribution in [0.25, 0.3) is 0 Å². The highest BCUT2D eigenvalue weighted by atomic mass is 16.5. The maximum Gasteiger partial charge on any atom is 0.345 e. The Bertz CT molecular complexity index is 723. The van der Waals surface area contributed by atoms with E-state index in [-0.39, 0.29) is 18.2 Å². The highest BCUT2D eigenvalue weighted by Gasteiger charge is 2.15. The number of hydrogen-bond donors (Lipinski definition) is 2. The van der Waals surface area contributed by atoms with E-state index in [2.05, 4.69) is 15.3 Å². The number of carbonyl (C=O) groups is 1. The molecule has 122 valence electrons. The molecule has 6 nitrogen and oxygen atoms in total. The van der Waals surface area contributed by atoms with E-state index in [0.29, 0.717) is 12.2 Å². The maximum atomic E-state index is 12.1. The molecule has 23 heavy (non-hydrogen) atoms. The van der Waals surface area contributed by atoms with Crippen LogP contribution in [0.1, 0.15) is 36.1 Å². The fraction of sp³-hybridized carbons (Fsp3) is 0.353. The monoisotopic (exact) mass is 315 g/mol. The zero-order chi connectivity index (χ0) is 16.8. The Balaban J connectivity index is 1.90. The number of aromatic nitrogens is 2. The molecule has 0 aliphatic rings. The second-order valence-corrected chi connectivity index (χ2v) is 5.50. The maximum absolute atomic E-state index is 12.1. The van der Waals surface area contributed by atoms with Crippen LogP contribution in [0, 0.1) is 6.92 Å².